The summed E-state index contributed by atoms with van der Waals surface area (Å²) in [5.74, 6) is -0.569. The molecule has 4 nitrogen and oxygen atoms in total. The third-order valence-electron chi connectivity index (χ3n) is 2.40. The minimum absolute atomic E-state index is 0.0921. The van der Waals surface area contributed by atoms with Crippen LogP contribution in [0.3, 0.4) is 0 Å². The van der Waals surface area contributed by atoms with Crippen molar-refractivity contribution in [3.8, 4) is 0 Å². The van der Waals surface area contributed by atoms with E-state index in [1.54, 1.807) is 7.11 Å². The Labute approximate surface area is 111 Å². The molecule has 1 aromatic rings. The first-order valence-electron chi connectivity index (χ1n) is 5.30. The standard InChI is InChI=1S/C11H15ClFNO3S/c1-14(6-3-7-17-2)18(15,16)11-5-4-9(13)8-10(11)12/h4-5,8H,3,6-7H2,1-2H3. The molecule has 1 rings (SSSR count). The first-order valence-corrected chi connectivity index (χ1v) is 7.11. The van der Waals surface area contributed by atoms with Gasteiger partial charge in [0.15, 0.2) is 0 Å². The Morgan fingerprint density at radius 2 is 2.11 bits per heavy atom. The van der Waals surface area contributed by atoms with E-state index in [9.17, 15) is 12.8 Å². The van der Waals surface area contributed by atoms with E-state index in [1.807, 2.05) is 0 Å². The van der Waals surface area contributed by atoms with Gasteiger partial charge >= 0.3 is 0 Å². The second kappa shape index (κ2) is 6.47. The van der Waals surface area contributed by atoms with E-state index in [4.69, 9.17) is 16.3 Å². The molecule has 0 aliphatic rings. The molecule has 0 saturated carbocycles. The Kier molecular flexibility index (Phi) is 5.52. The van der Waals surface area contributed by atoms with Gasteiger partial charge in [0, 0.05) is 27.3 Å². The number of halogens is 2. The Morgan fingerprint density at radius 3 is 2.67 bits per heavy atom. The van der Waals surface area contributed by atoms with Crippen LogP contribution in [-0.4, -0.2) is 40.0 Å². The van der Waals surface area contributed by atoms with Crippen molar-refractivity contribution in [1.29, 1.82) is 0 Å². The number of hydrogen-bond donors (Lipinski definition) is 0. The monoisotopic (exact) mass is 295 g/mol. The second-order valence-electron chi connectivity index (χ2n) is 3.75. The molecule has 0 aliphatic heterocycles. The lowest BCUT2D eigenvalue weighted by atomic mass is 10.3. The van der Waals surface area contributed by atoms with Gasteiger partial charge in [0.2, 0.25) is 10.0 Å². The Morgan fingerprint density at radius 1 is 1.44 bits per heavy atom. The van der Waals surface area contributed by atoms with Crippen molar-refractivity contribution in [2.24, 2.45) is 0 Å². The van der Waals surface area contributed by atoms with Crippen molar-refractivity contribution >= 4 is 21.6 Å². The number of methoxy groups -OCH3 is 1. The molecular weight excluding hydrogens is 281 g/mol. The van der Waals surface area contributed by atoms with Gasteiger partial charge in [0.1, 0.15) is 10.7 Å². The number of rotatable bonds is 6. The molecule has 18 heavy (non-hydrogen) atoms. The largest absolute Gasteiger partial charge is 0.385 e. The van der Waals surface area contributed by atoms with E-state index in [0.717, 1.165) is 12.1 Å². The summed E-state index contributed by atoms with van der Waals surface area (Å²) in [5, 5.41) is -0.117. The minimum Gasteiger partial charge on any atom is -0.385 e. The van der Waals surface area contributed by atoms with Crippen LogP contribution in [0, 0.1) is 5.82 Å². The second-order valence-corrected chi connectivity index (χ2v) is 6.17. The third kappa shape index (κ3) is 3.65. The zero-order valence-electron chi connectivity index (χ0n) is 10.2. The van der Waals surface area contributed by atoms with Crippen LogP contribution >= 0.6 is 11.6 Å². The predicted molar refractivity (Wildman–Crippen MR) is 67.7 cm³/mol. The quantitative estimate of drug-likeness (QED) is 0.755. The summed E-state index contributed by atoms with van der Waals surface area (Å²) in [7, 11) is -0.692. The maximum absolute atomic E-state index is 12.9. The topological polar surface area (TPSA) is 46.6 Å². The fourth-order valence-electron chi connectivity index (χ4n) is 1.40. The summed E-state index contributed by atoms with van der Waals surface area (Å²) in [6.45, 7) is 0.779. The van der Waals surface area contributed by atoms with Crippen molar-refractivity contribution in [2.75, 3.05) is 27.3 Å². The average molecular weight is 296 g/mol. The summed E-state index contributed by atoms with van der Waals surface area (Å²) in [6.07, 6.45) is 0.574. The van der Waals surface area contributed by atoms with Gasteiger partial charge in [0.05, 0.1) is 5.02 Å². The maximum Gasteiger partial charge on any atom is 0.244 e. The van der Waals surface area contributed by atoms with Gasteiger partial charge in [-0.2, -0.15) is 0 Å². The normalized spacial score (nSPS) is 12.1. The summed E-state index contributed by atoms with van der Waals surface area (Å²) >= 11 is 5.75. The van der Waals surface area contributed by atoms with E-state index >= 15 is 0 Å². The predicted octanol–water partition coefficient (Wildman–Crippen LogP) is 2.14. The van der Waals surface area contributed by atoms with Crippen molar-refractivity contribution < 1.29 is 17.5 Å². The van der Waals surface area contributed by atoms with Gasteiger partial charge < -0.3 is 4.74 Å². The highest BCUT2D eigenvalue weighted by Gasteiger charge is 2.23. The van der Waals surface area contributed by atoms with Crippen LogP contribution in [0.5, 0.6) is 0 Å². The van der Waals surface area contributed by atoms with Crippen LogP contribution < -0.4 is 0 Å². The van der Waals surface area contributed by atoms with Gasteiger partial charge in [-0.15, -0.1) is 0 Å². The van der Waals surface area contributed by atoms with E-state index in [-0.39, 0.29) is 9.92 Å². The Bertz CT molecular complexity index is 507. The van der Waals surface area contributed by atoms with Gasteiger partial charge in [-0.05, 0) is 24.6 Å². The molecule has 0 atom stereocenters. The number of sulfonamides is 1. The number of hydrogen-bond acceptors (Lipinski definition) is 3. The van der Waals surface area contributed by atoms with Gasteiger partial charge in [-0.1, -0.05) is 11.6 Å². The van der Waals surface area contributed by atoms with Crippen LogP contribution in [0.25, 0.3) is 0 Å². The molecule has 102 valence electrons. The van der Waals surface area contributed by atoms with Crippen LogP contribution in [0.15, 0.2) is 23.1 Å². The molecule has 0 amide bonds. The average Bonchev–Trinajstić information content (AvgIpc) is 2.28. The number of ether oxygens (including phenoxy) is 1. The Balaban J connectivity index is 2.91. The van der Waals surface area contributed by atoms with Crippen LogP contribution in [0.1, 0.15) is 6.42 Å². The molecule has 0 bridgehead atoms. The van der Waals surface area contributed by atoms with Gasteiger partial charge in [-0.3, -0.25) is 0 Å². The number of nitrogens with zero attached hydrogens (tertiary/aromatic N) is 1. The molecule has 0 unspecified atom stereocenters. The van der Waals surface area contributed by atoms with E-state index < -0.39 is 15.8 Å². The minimum atomic E-state index is -3.69. The van der Waals surface area contributed by atoms with Crippen molar-refractivity contribution in [1.82, 2.24) is 4.31 Å². The molecular formula is C11H15ClFNO3S. The van der Waals surface area contributed by atoms with Crippen molar-refractivity contribution in [3.63, 3.8) is 0 Å². The Hall–Kier alpha value is -0.690. The highest BCUT2D eigenvalue weighted by molar-refractivity contribution is 7.89. The smallest absolute Gasteiger partial charge is 0.244 e. The molecule has 7 heteroatoms. The SMILES string of the molecule is COCCCN(C)S(=O)(=O)c1ccc(F)cc1Cl. The molecule has 0 aromatic heterocycles. The lowest BCUT2D eigenvalue weighted by Crippen LogP contribution is -2.28. The molecule has 0 saturated heterocycles. The van der Waals surface area contributed by atoms with E-state index in [1.165, 1.54) is 17.4 Å². The summed E-state index contributed by atoms with van der Waals surface area (Å²) < 4.78 is 43.2. The fourth-order valence-corrected chi connectivity index (χ4v) is 3.11. The van der Waals surface area contributed by atoms with Crippen LogP contribution in [0.2, 0.25) is 5.02 Å². The summed E-state index contributed by atoms with van der Waals surface area (Å²) in [4.78, 5) is -0.0921. The van der Waals surface area contributed by atoms with Crippen molar-refractivity contribution in [2.45, 2.75) is 11.3 Å². The van der Waals surface area contributed by atoms with E-state index in [2.05, 4.69) is 0 Å². The lowest BCUT2D eigenvalue weighted by molar-refractivity contribution is 0.189. The first-order chi connectivity index (χ1) is 8.39. The van der Waals surface area contributed by atoms with Gasteiger partial charge in [0.25, 0.3) is 0 Å². The highest BCUT2D eigenvalue weighted by Crippen LogP contribution is 2.24. The fraction of sp³-hybridized carbons (Fsp3) is 0.455. The van der Waals surface area contributed by atoms with Crippen molar-refractivity contribution in [3.05, 3.63) is 29.0 Å². The number of benzene rings is 1. The maximum atomic E-state index is 12.9. The molecule has 0 radical (unpaired) electrons. The highest BCUT2D eigenvalue weighted by atomic mass is 35.5. The third-order valence-corrected chi connectivity index (χ3v) is 4.74. The lowest BCUT2D eigenvalue weighted by Gasteiger charge is -2.17. The molecule has 0 heterocycles. The van der Waals surface area contributed by atoms with Gasteiger partial charge in [-0.25, -0.2) is 17.1 Å². The summed E-state index contributed by atoms with van der Waals surface area (Å²) in [6, 6.07) is 3.22. The molecule has 0 fully saturated rings. The van der Waals surface area contributed by atoms with Crippen LogP contribution in [0.4, 0.5) is 4.39 Å². The summed E-state index contributed by atoms with van der Waals surface area (Å²) in [5.41, 5.74) is 0. The van der Waals surface area contributed by atoms with E-state index in [0.29, 0.717) is 19.6 Å². The zero-order valence-corrected chi connectivity index (χ0v) is 11.8. The molecule has 1 aromatic carbocycles. The zero-order chi connectivity index (χ0) is 13.8. The van der Waals surface area contributed by atoms with Crippen LogP contribution in [-0.2, 0) is 14.8 Å². The molecule has 0 aliphatic carbocycles. The molecule has 0 spiro atoms. The first kappa shape index (κ1) is 15.4. The molecule has 0 N–H and O–H groups in total.